The number of benzene rings is 1. The lowest BCUT2D eigenvalue weighted by atomic mass is 10.1. The molecule has 0 radical (unpaired) electrons. The fourth-order valence-electron chi connectivity index (χ4n) is 1.82. The van der Waals surface area contributed by atoms with Crippen molar-refractivity contribution in [2.75, 3.05) is 0 Å². The van der Waals surface area contributed by atoms with Crippen LogP contribution in [0.4, 0.5) is 4.39 Å². The molecular weight excluding hydrogens is 277 g/mol. The lowest BCUT2D eigenvalue weighted by Crippen LogP contribution is -2.22. The van der Waals surface area contributed by atoms with Crippen molar-refractivity contribution in [2.45, 2.75) is 26.4 Å². The van der Waals surface area contributed by atoms with E-state index in [2.05, 4.69) is 22.1 Å². The molecule has 0 amide bonds. The first kappa shape index (κ1) is 15.7. The summed E-state index contributed by atoms with van der Waals surface area (Å²) in [6, 6.07) is 8.78. The standard InChI is InChI=1S/C18H16FN3/c1-13(2)22-12-17-8-14(5-6-18(17)19)3-4-15-7-16(9-20)11-21-10-15/h5-8,10-11,13,22H,12H2,1-2H3. The Bertz CT molecular complexity index is 764. The number of hydrogen-bond donors (Lipinski definition) is 1. The zero-order chi connectivity index (χ0) is 15.9. The van der Waals surface area contributed by atoms with E-state index in [9.17, 15) is 4.39 Å². The number of pyridine rings is 1. The minimum Gasteiger partial charge on any atom is -0.310 e. The molecule has 1 aromatic heterocycles. The lowest BCUT2D eigenvalue weighted by molar-refractivity contribution is 0.553. The second-order valence-corrected chi connectivity index (χ2v) is 5.17. The van der Waals surface area contributed by atoms with Crippen molar-refractivity contribution in [2.24, 2.45) is 0 Å². The molecule has 0 fully saturated rings. The fraction of sp³-hybridized carbons (Fsp3) is 0.222. The van der Waals surface area contributed by atoms with Gasteiger partial charge in [0.2, 0.25) is 0 Å². The molecule has 2 aromatic rings. The maximum Gasteiger partial charge on any atom is 0.127 e. The summed E-state index contributed by atoms with van der Waals surface area (Å²) in [5.74, 6) is 5.67. The number of hydrogen-bond acceptors (Lipinski definition) is 3. The van der Waals surface area contributed by atoms with Crippen LogP contribution in [0.5, 0.6) is 0 Å². The topological polar surface area (TPSA) is 48.7 Å². The largest absolute Gasteiger partial charge is 0.310 e. The van der Waals surface area contributed by atoms with E-state index in [-0.39, 0.29) is 11.9 Å². The van der Waals surface area contributed by atoms with Gasteiger partial charge in [0.1, 0.15) is 11.9 Å². The zero-order valence-corrected chi connectivity index (χ0v) is 12.5. The van der Waals surface area contributed by atoms with E-state index >= 15 is 0 Å². The Kier molecular flexibility index (Phi) is 5.25. The molecule has 0 aliphatic heterocycles. The van der Waals surface area contributed by atoms with Crippen molar-refractivity contribution < 1.29 is 4.39 Å². The molecule has 110 valence electrons. The third-order valence-electron chi connectivity index (χ3n) is 2.96. The van der Waals surface area contributed by atoms with E-state index in [1.165, 1.54) is 12.3 Å². The first-order valence-electron chi connectivity index (χ1n) is 6.97. The lowest BCUT2D eigenvalue weighted by Gasteiger charge is -2.09. The molecular formula is C18H16FN3. The molecule has 22 heavy (non-hydrogen) atoms. The van der Waals surface area contributed by atoms with Crippen molar-refractivity contribution in [1.82, 2.24) is 10.3 Å². The van der Waals surface area contributed by atoms with E-state index in [1.54, 1.807) is 24.4 Å². The van der Waals surface area contributed by atoms with Crippen molar-refractivity contribution in [3.05, 3.63) is 64.7 Å². The molecule has 0 saturated heterocycles. The summed E-state index contributed by atoms with van der Waals surface area (Å²) < 4.78 is 13.7. The van der Waals surface area contributed by atoms with Crippen LogP contribution in [0.25, 0.3) is 0 Å². The van der Waals surface area contributed by atoms with Crippen LogP contribution in [-0.4, -0.2) is 11.0 Å². The van der Waals surface area contributed by atoms with E-state index in [0.29, 0.717) is 23.2 Å². The molecule has 0 saturated carbocycles. The third-order valence-corrected chi connectivity index (χ3v) is 2.96. The maximum absolute atomic E-state index is 13.7. The molecule has 0 aliphatic carbocycles. The predicted molar refractivity (Wildman–Crippen MR) is 83.3 cm³/mol. The smallest absolute Gasteiger partial charge is 0.127 e. The van der Waals surface area contributed by atoms with Crippen LogP contribution in [-0.2, 0) is 6.54 Å². The Morgan fingerprint density at radius 1 is 1.14 bits per heavy atom. The molecule has 1 heterocycles. The highest BCUT2D eigenvalue weighted by atomic mass is 19.1. The molecule has 3 nitrogen and oxygen atoms in total. The molecule has 0 unspecified atom stereocenters. The summed E-state index contributed by atoms with van der Waals surface area (Å²) in [6.45, 7) is 4.48. The normalized spacial score (nSPS) is 9.95. The predicted octanol–water partition coefficient (Wildman–Crippen LogP) is 2.99. The Balaban J connectivity index is 2.22. The Hall–Kier alpha value is -2.69. The summed E-state index contributed by atoms with van der Waals surface area (Å²) in [7, 11) is 0. The molecule has 0 aliphatic rings. The molecule has 0 atom stereocenters. The average molecular weight is 293 g/mol. The van der Waals surface area contributed by atoms with Gasteiger partial charge in [0.25, 0.3) is 0 Å². The minimum atomic E-state index is -0.244. The molecule has 1 aromatic carbocycles. The summed E-state index contributed by atoms with van der Waals surface area (Å²) in [5.41, 5.74) is 2.44. The summed E-state index contributed by atoms with van der Waals surface area (Å²) in [6.07, 6.45) is 3.08. The van der Waals surface area contributed by atoms with Crippen molar-refractivity contribution in [3.63, 3.8) is 0 Å². The van der Waals surface area contributed by atoms with Crippen molar-refractivity contribution >= 4 is 0 Å². The van der Waals surface area contributed by atoms with Gasteiger partial charge >= 0.3 is 0 Å². The SMILES string of the molecule is CC(C)NCc1cc(C#Cc2cncc(C#N)c2)ccc1F. The van der Waals surface area contributed by atoms with Crippen LogP contribution < -0.4 is 5.32 Å². The molecule has 4 heteroatoms. The highest BCUT2D eigenvalue weighted by Gasteiger charge is 2.03. The van der Waals surface area contributed by atoms with Crippen molar-refractivity contribution in [1.29, 1.82) is 5.26 Å². The van der Waals surface area contributed by atoms with Gasteiger partial charge in [-0.25, -0.2) is 4.39 Å². The quantitative estimate of drug-likeness (QED) is 0.885. The van der Waals surface area contributed by atoms with Crippen LogP contribution >= 0.6 is 0 Å². The number of nitrogens with one attached hydrogen (secondary N) is 1. The highest BCUT2D eigenvalue weighted by Crippen LogP contribution is 2.10. The second-order valence-electron chi connectivity index (χ2n) is 5.17. The number of nitrogens with zero attached hydrogens (tertiary/aromatic N) is 2. The van der Waals surface area contributed by atoms with Crippen LogP contribution in [0.15, 0.2) is 36.7 Å². The van der Waals surface area contributed by atoms with E-state index in [0.717, 1.165) is 5.56 Å². The Morgan fingerprint density at radius 2 is 1.86 bits per heavy atom. The van der Waals surface area contributed by atoms with Gasteiger partial charge in [0, 0.05) is 41.7 Å². The van der Waals surface area contributed by atoms with Crippen LogP contribution in [0.1, 0.15) is 36.1 Å². The van der Waals surface area contributed by atoms with Gasteiger partial charge < -0.3 is 5.32 Å². The molecule has 1 N–H and O–H groups in total. The summed E-state index contributed by atoms with van der Waals surface area (Å²) in [4.78, 5) is 3.95. The van der Waals surface area contributed by atoms with E-state index < -0.39 is 0 Å². The van der Waals surface area contributed by atoms with E-state index in [1.807, 2.05) is 19.9 Å². The average Bonchev–Trinajstić information content (AvgIpc) is 2.53. The van der Waals surface area contributed by atoms with Crippen LogP contribution in [0.3, 0.4) is 0 Å². The van der Waals surface area contributed by atoms with Gasteiger partial charge in [0.15, 0.2) is 0 Å². The third kappa shape index (κ3) is 4.41. The Morgan fingerprint density at radius 3 is 2.59 bits per heavy atom. The van der Waals surface area contributed by atoms with E-state index in [4.69, 9.17) is 5.26 Å². The van der Waals surface area contributed by atoms with Gasteiger partial charge in [0.05, 0.1) is 5.56 Å². The van der Waals surface area contributed by atoms with Crippen molar-refractivity contribution in [3.8, 4) is 17.9 Å². The van der Waals surface area contributed by atoms with Gasteiger partial charge in [-0.3, -0.25) is 4.98 Å². The number of halogens is 1. The fourth-order valence-corrected chi connectivity index (χ4v) is 1.82. The maximum atomic E-state index is 13.7. The van der Waals surface area contributed by atoms with Gasteiger partial charge in [-0.1, -0.05) is 25.7 Å². The molecule has 0 spiro atoms. The second kappa shape index (κ2) is 7.36. The van der Waals surface area contributed by atoms with Gasteiger partial charge in [-0.05, 0) is 24.3 Å². The minimum absolute atomic E-state index is 0.244. The zero-order valence-electron chi connectivity index (χ0n) is 12.5. The van der Waals surface area contributed by atoms with Gasteiger partial charge in [-0.2, -0.15) is 5.26 Å². The first-order chi connectivity index (χ1) is 10.6. The molecule has 0 bridgehead atoms. The molecule has 2 rings (SSSR count). The number of rotatable bonds is 3. The first-order valence-corrected chi connectivity index (χ1v) is 6.97. The number of aromatic nitrogens is 1. The Labute approximate surface area is 129 Å². The highest BCUT2D eigenvalue weighted by molar-refractivity contribution is 5.45. The summed E-state index contributed by atoms with van der Waals surface area (Å²) >= 11 is 0. The summed E-state index contributed by atoms with van der Waals surface area (Å²) in [5, 5.41) is 12.0. The van der Waals surface area contributed by atoms with Crippen LogP contribution in [0, 0.1) is 29.0 Å². The van der Waals surface area contributed by atoms with Gasteiger partial charge in [-0.15, -0.1) is 0 Å². The monoisotopic (exact) mass is 293 g/mol. The number of nitriles is 1. The van der Waals surface area contributed by atoms with Crippen LogP contribution in [0.2, 0.25) is 0 Å².